The molecule has 2 rings (SSSR count). The molecule has 118 valence electrons. The molecule has 1 fully saturated rings. The fraction of sp³-hybridized carbons (Fsp3) is 0.706. The van der Waals surface area contributed by atoms with Crippen LogP contribution in [0.5, 0.6) is 0 Å². The lowest BCUT2D eigenvalue weighted by Crippen LogP contribution is -2.21. The smallest absolute Gasteiger partial charge is 0.350 e. The van der Waals surface area contributed by atoms with Gasteiger partial charge in [0, 0.05) is 10.3 Å². The van der Waals surface area contributed by atoms with Crippen LogP contribution in [-0.2, 0) is 10.2 Å². The van der Waals surface area contributed by atoms with Crippen LogP contribution >= 0.6 is 11.3 Å². The van der Waals surface area contributed by atoms with E-state index < -0.39 is 0 Å². The van der Waals surface area contributed by atoms with E-state index in [2.05, 4.69) is 20.8 Å². The second kappa shape index (κ2) is 6.39. The first-order chi connectivity index (χ1) is 9.96. The first kappa shape index (κ1) is 16.3. The second-order valence-corrected chi connectivity index (χ2v) is 7.32. The van der Waals surface area contributed by atoms with Crippen molar-refractivity contribution in [1.29, 1.82) is 0 Å². The number of rotatable bonds is 5. The number of carbonyl (C=O) groups is 1. The van der Waals surface area contributed by atoms with Crippen molar-refractivity contribution in [2.45, 2.75) is 71.1 Å². The van der Waals surface area contributed by atoms with E-state index in [-0.39, 0.29) is 11.4 Å². The van der Waals surface area contributed by atoms with Gasteiger partial charge in [-0.25, -0.2) is 4.79 Å². The molecule has 0 radical (unpaired) electrons. The minimum absolute atomic E-state index is 0.225. The Kier molecular flexibility index (Phi) is 4.97. The standard InChI is InChI=1S/C17H27NO2S/c1-5-17(9-7-8-10-17)15-12(11(3)4)13(18)14(21-15)16(19)20-6-2/h11H,5-10,18H2,1-4H3. The number of ether oxygens (including phenoxy) is 1. The Morgan fingerprint density at radius 1 is 1.33 bits per heavy atom. The van der Waals surface area contributed by atoms with Crippen LogP contribution in [0.25, 0.3) is 0 Å². The minimum Gasteiger partial charge on any atom is -0.462 e. The fourth-order valence-electron chi connectivity index (χ4n) is 3.56. The molecule has 0 saturated heterocycles. The first-order valence-electron chi connectivity index (χ1n) is 8.06. The second-order valence-electron chi connectivity index (χ2n) is 6.30. The molecule has 0 aliphatic heterocycles. The summed E-state index contributed by atoms with van der Waals surface area (Å²) in [6, 6.07) is 0. The van der Waals surface area contributed by atoms with Crippen molar-refractivity contribution >= 4 is 23.0 Å². The van der Waals surface area contributed by atoms with Crippen LogP contribution in [0, 0.1) is 0 Å². The van der Waals surface area contributed by atoms with Crippen LogP contribution in [-0.4, -0.2) is 12.6 Å². The van der Waals surface area contributed by atoms with E-state index in [1.807, 2.05) is 6.92 Å². The van der Waals surface area contributed by atoms with Crippen molar-refractivity contribution in [2.75, 3.05) is 12.3 Å². The highest BCUT2D eigenvalue weighted by atomic mass is 32.1. The van der Waals surface area contributed by atoms with Crippen molar-refractivity contribution < 1.29 is 9.53 Å². The summed E-state index contributed by atoms with van der Waals surface area (Å²) < 4.78 is 5.18. The largest absolute Gasteiger partial charge is 0.462 e. The molecule has 0 unspecified atom stereocenters. The van der Waals surface area contributed by atoms with Crippen LogP contribution in [0.1, 0.15) is 85.8 Å². The summed E-state index contributed by atoms with van der Waals surface area (Å²) in [6.07, 6.45) is 6.10. The number of esters is 1. The van der Waals surface area contributed by atoms with E-state index in [1.54, 1.807) is 11.3 Å². The summed E-state index contributed by atoms with van der Waals surface area (Å²) in [4.78, 5) is 14.1. The minimum atomic E-state index is -0.266. The van der Waals surface area contributed by atoms with E-state index in [0.717, 1.165) is 6.42 Å². The quantitative estimate of drug-likeness (QED) is 0.791. The van der Waals surface area contributed by atoms with Gasteiger partial charge in [0.25, 0.3) is 0 Å². The van der Waals surface area contributed by atoms with Crippen molar-refractivity contribution in [3.63, 3.8) is 0 Å². The Bertz CT molecular complexity index is 513. The van der Waals surface area contributed by atoms with Gasteiger partial charge in [-0.1, -0.05) is 33.6 Å². The predicted molar refractivity (Wildman–Crippen MR) is 89.2 cm³/mol. The van der Waals surface area contributed by atoms with Gasteiger partial charge in [-0.2, -0.15) is 0 Å². The zero-order valence-electron chi connectivity index (χ0n) is 13.6. The number of hydrogen-bond donors (Lipinski definition) is 1. The molecule has 0 amide bonds. The summed E-state index contributed by atoms with van der Waals surface area (Å²) >= 11 is 1.58. The van der Waals surface area contributed by atoms with Gasteiger partial charge in [0.1, 0.15) is 4.88 Å². The number of thiophene rings is 1. The van der Waals surface area contributed by atoms with Crippen molar-refractivity contribution in [1.82, 2.24) is 0 Å². The molecule has 3 nitrogen and oxygen atoms in total. The topological polar surface area (TPSA) is 52.3 Å². The molecule has 21 heavy (non-hydrogen) atoms. The summed E-state index contributed by atoms with van der Waals surface area (Å²) in [5, 5.41) is 0. The van der Waals surface area contributed by atoms with Gasteiger partial charge in [0.2, 0.25) is 0 Å². The van der Waals surface area contributed by atoms with Crippen molar-refractivity contribution in [2.24, 2.45) is 0 Å². The maximum absolute atomic E-state index is 12.2. The van der Waals surface area contributed by atoms with Gasteiger partial charge in [0.15, 0.2) is 0 Å². The summed E-state index contributed by atoms with van der Waals surface area (Å²) in [7, 11) is 0. The molecule has 0 aromatic carbocycles. The molecule has 4 heteroatoms. The molecule has 0 bridgehead atoms. The van der Waals surface area contributed by atoms with Crippen LogP contribution in [0.4, 0.5) is 5.69 Å². The summed E-state index contributed by atoms with van der Waals surface area (Å²) in [5.74, 6) is 0.0702. The normalized spacial score (nSPS) is 17.4. The van der Waals surface area contributed by atoms with E-state index in [1.165, 1.54) is 36.1 Å². The maximum atomic E-state index is 12.2. The lowest BCUT2D eigenvalue weighted by atomic mass is 9.78. The molecule has 0 atom stereocenters. The Labute approximate surface area is 131 Å². The van der Waals surface area contributed by atoms with Gasteiger partial charge in [-0.15, -0.1) is 11.3 Å². The van der Waals surface area contributed by atoms with E-state index in [4.69, 9.17) is 10.5 Å². The monoisotopic (exact) mass is 309 g/mol. The third kappa shape index (κ3) is 2.83. The average Bonchev–Trinajstić information content (AvgIpc) is 3.03. The number of carbonyl (C=O) groups excluding carboxylic acids is 1. The predicted octanol–water partition coefficient (Wildman–Crippen LogP) is 4.85. The number of nitrogen functional groups attached to an aromatic ring is 1. The number of nitrogens with two attached hydrogens (primary N) is 1. The first-order valence-corrected chi connectivity index (χ1v) is 8.88. The Morgan fingerprint density at radius 3 is 2.43 bits per heavy atom. The van der Waals surface area contributed by atoms with Gasteiger partial charge in [-0.05, 0) is 37.7 Å². The van der Waals surface area contributed by atoms with Crippen LogP contribution in [0.3, 0.4) is 0 Å². The average molecular weight is 309 g/mol. The van der Waals surface area contributed by atoms with Gasteiger partial charge >= 0.3 is 5.97 Å². The zero-order chi connectivity index (χ0) is 15.6. The molecule has 0 spiro atoms. The molecule has 1 aliphatic rings. The molecule has 1 aliphatic carbocycles. The molecular formula is C17H27NO2S. The molecule has 1 heterocycles. The Hall–Kier alpha value is -1.03. The van der Waals surface area contributed by atoms with Crippen LogP contribution in [0.2, 0.25) is 0 Å². The highest BCUT2D eigenvalue weighted by molar-refractivity contribution is 7.15. The fourth-order valence-corrected chi connectivity index (χ4v) is 5.15. The third-order valence-corrected chi connectivity index (χ3v) is 6.19. The Morgan fingerprint density at radius 2 is 1.95 bits per heavy atom. The molecule has 1 aromatic heterocycles. The number of anilines is 1. The van der Waals surface area contributed by atoms with Gasteiger partial charge in [-0.3, -0.25) is 0 Å². The lowest BCUT2D eigenvalue weighted by molar-refractivity contribution is 0.0533. The molecule has 1 saturated carbocycles. The highest BCUT2D eigenvalue weighted by Crippen LogP contribution is 2.51. The van der Waals surface area contributed by atoms with Crippen molar-refractivity contribution in [3.05, 3.63) is 15.3 Å². The van der Waals surface area contributed by atoms with Crippen LogP contribution < -0.4 is 5.73 Å². The molecule has 1 aromatic rings. The van der Waals surface area contributed by atoms with Gasteiger partial charge < -0.3 is 10.5 Å². The van der Waals surface area contributed by atoms with Crippen molar-refractivity contribution in [3.8, 4) is 0 Å². The Balaban J connectivity index is 2.54. The van der Waals surface area contributed by atoms with Crippen LogP contribution in [0.15, 0.2) is 0 Å². The summed E-state index contributed by atoms with van der Waals surface area (Å²) in [6.45, 7) is 8.80. The third-order valence-electron chi connectivity index (χ3n) is 4.74. The van der Waals surface area contributed by atoms with E-state index in [0.29, 0.717) is 23.1 Å². The van der Waals surface area contributed by atoms with Gasteiger partial charge in [0.05, 0.1) is 12.3 Å². The zero-order valence-corrected chi connectivity index (χ0v) is 14.4. The van der Waals surface area contributed by atoms with E-state index in [9.17, 15) is 4.79 Å². The lowest BCUT2D eigenvalue weighted by Gasteiger charge is -2.29. The molecular weight excluding hydrogens is 282 g/mol. The SMILES string of the molecule is CCOC(=O)c1sc(C2(CC)CCCC2)c(C(C)C)c1N. The molecule has 2 N–H and O–H groups in total. The summed E-state index contributed by atoms with van der Waals surface area (Å²) in [5.41, 5.74) is 8.39. The maximum Gasteiger partial charge on any atom is 0.350 e. The number of hydrogen-bond acceptors (Lipinski definition) is 4. The highest BCUT2D eigenvalue weighted by Gasteiger charge is 2.39. The van der Waals surface area contributed by atoms with E-state index >= 15 is 0 Å².